The minimum atomic E-state index is -0.231. The Morgan fingerprint density at radius 2 is 2.17 bits per heavy atom. The smallest absolute Gasteiger partial charge is 0.230 e. The van der Waals surface area contributed by atoms with E-state index in [0.717, 1.165) is 5.56 Å². The number of nitrogens with two attached hydrogens (primary N) is 1. The summed E-state index contributed by atoms with van der Waals surface area (Å²) in [6.45, 7) is 0. The number of aromatic nitrogens is 1. The van der Waals surface area contributed by atoms with Crippen molar-refractivity contribution in [1.29, 1.82) is 0 Å². The summed E-state index contributed by atoms with van der Waals surface area (Å²) in [7, 11) is 0. The van der Waals surface area contributed by atoms with Crippen molar-refractivity contribution in [2.24, 2.45) is 0 Å². The Bertz CT molecular complexity index is 570. The van der Waals surface area contributed by atoms with E-state index in [1.807, 2.05) is 0 Å². The number of pyridine rings is 1. The normalized spacial score (nSPS) is 10.0. The van der Waals surface area contributed by atoms with Crippen LogP contribution in [-0.4, -0.2) is 16.0 Å². The second-order valence-electron chi connectivity index (χ2n) is 3.84. The first-order valence-electron chi connectivity index (χ1n) is 5.43. The number of nitrogens with zero attached hydrogens (tertiary/aromatic N) is 1. The van der Waals surface area contributed by atoms with Crippen LogP contribution < -0.4 is 11.1 Å². The molecule has 0 bridgehead atoms. The summed E-state index contributed by atoms with van der Waals surface area (Å²) >= 11 is 0. The number of rotatable bonds is 3. The Balaban J connectivity index is 2.03. The first-order chi connectivity index (χ1) is 8.65. The molecule has 0 aliphatic heterocycles. The van der Waals surface area contributed by atoms with E-state index in [4.69, 9.17) is 5.73 Å². The van der Waals surface area contributed by atoms with E-state index in [0.29, 0.717) is 11.5 Å². The molecule has 0 saturated carbocycles. The Morgan fingerprint density at radius 1 is 1.33 bits per heavy atom. The molecule has 0 aliphatic carbocycles. The second kappa shape index (κ2) is 5.18. The van der Waals surface area contributed by atoms with Crippen LogP contribution in [0.4, 0.5) is 11.5 Å². The van der Waals surface area contributed by atoms with Gasteiger partial charge in [-0.2, -0.15) is 0 Å². The van der Waals surface area contributed by atoms with Crippen molar-refractivity contribution in [3.63, 3.8) is 0 Å². The molecular weight excluding hydrogens is 230 g/mol. The largest absolute Gasteiger partial charge is 0.508 e. The van der Waals surface area contributed by atoms with Gasteiger partial charge in [-0.25, -0.2) is 4.98 Å². The minimum absolute atomic E-state index is 0.137. The standard InChI is InChI=1S/C13H13N3O2/c14-11-5-2-6-15-13(11)16-12(18)8-9-3-1-4-10(17)7-9/h1-7,17H,8,14H2,(H,15,16,18). The van der Waals surface area contributed by atoms with E-state index in [2.05, 4.69) is 10.3 Å². The summed E-state index contributed by atoms with van der Waals surface area (Å²) in [6.07, 6.45) is 1.71. The van der Waals surface area contributed by atoms with Gasteiger partial charge in [-0.3, -0.25) is 4.79 Å². The van der Waals surface area contributed by atoms with Gasteiger partial charge in [0, 0.05) is 6.20 Å². The molecule has 2 aromatic rings. The van der Waals surface area contributed by atoms with Gasteiger partial charge < -0.3 is 16.2 Å². The van der Waals surface area contributed by atoms with Gasteiger partial charge in [-0.05, 0) is 29.8 Å². The van der Waals surface area contributed by atoms with Gasteiger partial charge in [0.25, 0.3) is 0 Å². The van der Waals surface area contributed by atoms with Crippen molar-refractivity contribution in [1.82, 2.24) is 4.98 Å². The van der Waals surface area contributed by atoms with Crippen molar-refractivity contribution < 1.29 is 9.90 Å². The fourth-order valence-corrected chi connectivity index (χ4v) is 1.55. The summed E-state index contributed by atoms with van der Waals surface area (Å²) in [4.78, 5) is 15.7. The number of benzene rings is 1. The maximum Gasteiger partial charge on any atom is 0.230 e. The topological polar surface area (TPSA) is 88.2 Å². The van der Waals surface area contributed by atoms with E-state index >= 15 is 0 Å². The summed E-state index contributed by atoms with van der Waals surface area (Å²) in [5.74, 6) is 0.256. The lowest BCUT2D eigenvalue weighted by molar-refractivity contribution is -0.115. The zero-order valence-corrected chi connectivity index (χ0v) is 9.63. The van der Waals surface area contributed by atoms with Crippen molar-refractivity contribution in [2.75, 3.05) is 11.1 Å². The number of nitrogens with one attached hydrogen (secondary N) is 1. The summed E-state index contributed by atoms with van der Waals surface area (Å²) in [5.41, 5.74) is 6.81. The first-order valence-corrected chi connectivity index (χ1v) is 5.43. The molecule has 5 nitrogen and oxygen atoms in total. The fourth-order valence-electron chi connectivity index (χ4n) is 1.55. The van der Waals surface area contributed by atoms with Crippen LogP contribution in [0.1, 0.15) is 5.56 Å². The molecule has 0 fully saturated rings. The molecule has 0 atom stereocenters. The van der Waals surface area contributed by atoms with Crippen LogP contribution in [-0.2, 0) is 11.2 Å². The molecule has 0 radical (unpaired) electrons. The molecule has 0 spiro atoms. The predicted molar refractivity (Wildman–Crippen MR) is 69.1 cm³/mol. The fraction of sp³-hybridized carbons (Fsp3) is 0.0769. The summed E-state index contributed by atoms with van der Waals surface area (Å²) < 4.78 is 0. The third-order valence-corrected chi connectivity index (χ3v) is 2.37. The lowest BCUT2D eigenvalue weighted by Crippen LogP contribution is -2.16. The SMILES string of the molecule is Nc1cccnc1NC(=O)Cc1cccc(O)c1. The monoisotopic (exact) mass is 243 g/mol. The Morgan fingerprint density at radius 3 is 2.89 bits per heavy atom. The number of carbonyl (C=O) groups excluding carboxylic acids is 1. The van der Waals surface area contributed by atoms with Crippen molar-refractivity contribution in [3.8, 4) is 5.75 Å². The number of carbonyl (C=O) groups is 1. The zero-order valence-electron chi connectivity index (χ0n) is 9.63. The van der Waals surface area contributed by atoms with E-state index < -0.39 is 0 Å². The molecule has 1 aromatic carbocycles. The van der Waals surface area contributed by atoms with Crippen LogP contribution in [0.2, 0.25) is 0 Å². The number of aromatic hydroxyl groups is 1. The molecule has 2 rings (SSSR count). The molecule has 0 saturated heterocycles. The van der Waals surface area contributed by atoms with Gasteiger partial charge in [0.2, 0.25) is 5.91 Å². The van der Waals surface area contributed by atoms with Crippen LogP contribution in [0.3, 0.4) is 0 Å². The lowest BCUT2D eigenvalue weighted by Gasteiger charge is -2.06. The zero-order chi connectivity index (χ0) is 13.0. The number of amides is 1. The number of phenols is 1. The molecule has 0 aliphatic rings. The third-order valence-electron chi connectivity index (χ3n) is 2.37. The molecule has 1 heterocycles. The Labute approximate surface area is 104 Å². The lowest BCUT2D eigenvalue weighted by atomic mass is 10.1. The maximum atomic E-state index is 11.8. The van der Waals surface area contributed by atoms with Crippen LogP contribution in [0, 0.1) is 0 Å². The first kappa shape index (κ1) is 11.9. The average Bonchev–Trinajstić information content (AvgIpc) is 2.32. The molecule has 1 aromatic heterocycles. The van der Waals surface area contributed by atoms with Crippen molar-refractivity contribution >= 4 is 17.4 Å². The number of phenolic OH excluding ortho intramolecular Hbond substituents is 1. The van der Waals surface area contributed by atoms with Crippen molar-refractivity contribution in [3.05, 3.63) is 48.2 Å². The van der Waals surface area contributed by atoms with Gasteiger partial charge >= 0.3 is 0 Å². The quantitative estimate of drug-likeness (QED) is 0.763. The van der Waals surface area contributed by atoms with E-state index in [1.54, 1.807) is 42.6 Å². The Hall–Kier alpha value is -2.56. The number of hydrogen-bond acceptors (Lipinski definition) is 4. The summed E-state index contributed by atoms with van der Waals surface area (Å²) in [6, 6.07) is 9.91. The van der Waals surface area contributed by atoms with Gasteiger partial charge in [0.05, 0.1) is 12.1 Å². The molecule has 92 valence electrons. The highest BCUT2D eigenvalue weighted by Crippen LogP contribution is 2.15. The van der Waals surface area contributed by atoms with E-state index in [1.165, 1.54) is 0 Å². The highest BCUT2D eigenvalue weighted by atomic mass is 16.3. The molecule has 18 heavy (non-hydrogen) atoms. The van der Waals surface area contributed by atoms with Gasteiger partial charge in [0.15, 0.2) is 5.82 Å². The molecule has 4 N–H and O–H groups in total. The number of anilines is 2. The number of nitrogen functional groups attached to an aromatic ring is 1. The van der Waals surface area contributed by atoms with Crippen molar-refractivity contribution in [2.45, 2.75) is 6.42 Å². The van der Waals surface area contributed by atoms with Gasteiger partial charge in [-0.15, -0.1) is 0 Å². The van der Waals surface area contributed by atoms with Crippen LogP contribution >= 0.6 is 0 Å². The minimum Gasteiger partial charge on any atom is -0.508 e. The van der Waals surface area contributed by atoms with Crippen LogP contribution in [0.25, 0.3) is 0 Å². The van der Waals surface area contributed by atoms with E-state index in [9.17, 15) is 9.90 Å². The predicted octanol–water partition coefficient (Wildman–Crippen LogP) is 1.55. The number of hydrogen-bond donors (Lipinski definition) is 3. The highest BCUT2D eigenvalue weighted by Gasteiger charge is 2.07. The molecule has 1 amide bonds. The van der Waals surface area contributed by atoms with Crippen LogP contribution in [0.5, 0.6) is 5.75 Å². The second-order valence-corrected chi connectivity index (χ2v) is 3.84. The third kappa shape index (κ3) is 2.98. The highest BCUT2D eigenvalue weighted by molar-refractivity contribution is 5.93. The average molecular weight is 243 g/mol. The summed E-state index contributed by atoms with van der Waals surface area (Å²) in [5, 5.41) is 11.9. The maximum absolute atomic E-state index is 11.8. The molecule has 0 unspecified atom stereocenters. The van der Waals surface area contributed by atoms with E-state index in [-0.39, 0.29) is 18.1 Å². The molecular formula is C13H13N3O2. The Kier molecular flexibility index (Phi) is 3.43. The van der Waals surface area contributed by atoms with Crippen LogP contribution in [0.15, 0.2) is 42.6 Å². The molecule has 5 heteroatoms. The van der Waals surface area contributed by atoms with Gasteiger partial charge in [-0.1, -0.05) is 12.1 Å². The van der Waals surface area contributed by atoms with Gasteiger partial charge in [0.1, 0.15) is 5.75 Å².